The standard InChI is InChI=1S/C5H14OS2/c1-7-6-5-8(2,3)4/h5H2,1-4H3. The summed E-state index contributed by atoms with van der Waals surface area (Å²) >= 11 is 1.45. The second kappa shape index (κ2) is 3.64. The Balaban J connectivity index is 3.11. The first-order valence-electron chi connectivity index (χ1n) is 2.38. The Bertz CT molecular complexity index is 57.9. The van der Waals surface area contributed by atoms with Crippen molar-refractivity contribution in [2.45, 2.75) is 0 Å². The summed E-state index contributed by atoms with van der Waals surface area (Å²) in [6, 6.07) is 0. The third-order valence-electron chi connectivity index (χ3n) is 0.520. The first-order valence-corrected chi connectivity index (χ1v) is 6.55. The van der Waals surface area contributed by atoms with Gasteiger partial charge in [-0.2, -0.15) is 0 Å². The first-order chi connectivity index (χ1) is 3.56. The molecule has 0 N–H and O–H groups in total. The molecule has 52 valence electrons. The van der Waals surface area contributed by atoms with Crippen LogP contribution in [-0.2, 0) is 4.18 Å². The lowest BCUT2D eigenvalue weighted by Gasteiger charge is -2.23. The Hall–Kier alpha value is 0.660. The minimum atomic E-state index is -0.429. The molecule has 0 aliphatic carbocycles. The highest BCUT2D eigenvalue weighted by Gasteiger charge is 2.01. The van der Waals surface area contributed by atoms with Gasteiger partial charge >= 0.3 is 0 Å². The summed E-state index contributed by atoms with van der Waals surface area (Å²) < 4.78 is 5.15. The predicted molar refractivity (Wildman–Crippen MR) is 44.8 cm³/mol. The maximum atomic E-state index is 5.15. The van der Waals surface area contributed by atoms with Crippen LogP contribution < -0.4 is 0 Å². The highest BCUT2D eigenvalue weighted by atomic mass is 32.3. The molecule has 0 aliphatic heterocycles. The minimum absolute atomic E-state index is 0.429. The maximum absolute atomic E-state index is 5.15. The Labute approximate surface area is 57.7 Å². The molecule has 0 atom stereocenters. The molecule has 0 aromatic heterocycles. The van der Waals surface area contributed by atoms with Gasteiger partial charge in [-0.05, 0) is 30.8 Å². The molecular formula is C5H14OS2. The highest BCUT2D eigenvalue weighted by Crippen LogP contribution is 2.35. The molecule has 0 fully saturated rings. The fourth-order valence-corrected chi connectivity index (χ4v) is 1.73. The molecule has 0 amide bonds. The molecule has 0 heterocycles. The fraction of sp³-hybridized carbons (Fsp3) is 1.00. The zero-order chi connectivity index (χ0) is 6.62. The van der Waals surface area contributed by atoms with Crippen molar-refractivity contribution in [3.63, 3.8) is 0 Å². The predicted octanol–water partition coefficient (Wildman–Crippen LogP) is 1.93. The molecular weight excluding hydrogens is 140 g/mol. The lowest BCUT2D eigenvalue weighted by molar-refractivity contribution is 0.464. The number of hydrogen-bond donors (Lipinski definition) is 0. The summed E-state index contributed by atoms with van der Waals surface area (Å²) in [6.07, 6.45) is 8.67. The van der Waals surface area contributed by atoms with Crippen LogP contribution in [0.2, 0.25) is 0 Å². The summed E-state index contributed by atoms with van der Waals surface area (Å²) in [7, 11) is -0.429. The minimum Gasteiger partial charge on any atom is -0.306 e. The van der Waals surface area contributed by atoms with Gasteiger partial charge < -0.3 is 4.18 Å². The van der Waals surface area contributed by atoms with E-state index in [1.807, 2.05) is 6.26 Å². The van der Waals surface area contributed by atoms with Crippen LogP contribution in [0, 0.1) is 0 Å². The van der Waals surface area contributed by atoms with E-state index in [1.165, 1.54) is 12.0 Å². The molecule has 0 unspecified atom stereocenters. The van der Waals surface area contributed by atoms with Crippen LogP contribution in [0.25, 0.3) is 0 Å². The zero-order valence-corrected chi connectivity index (χ0v) is 7.56. The molecule has 0 aromatic rings. The van der Waals surface area contributed by atoms with Crippen molar-refractivity contribution in [3.8, 4) is 0 Å². The van der Waals surface area contributed by atoms with Crippen LogP contribution in [0.4, 0.5) is 0 Å². The van der Waals surface area contributed by atoms with Crippen molar-refractivity contribution in [3.05, 3.63) is 0 Å². The Morgan fingerprint density at radius 1 is 1.38 bits per heavy atom. The molecule has 0 spiro atoms. The molecule has 0 saturated carbocycles. The van der Waals surface area contributed by atoms with Crippen LogP contribution in [0.15, 0.2) is 0 Å². The quantitative estimate of drug-likeness (QED) is 0.574. The van der Waals surface area contributed by atoms with Crippen molar-refractivity contribution < 1.29 is 4.18 Å². The molecule has 8 heavy (non-hydrogen) atoms. The molecule has 0 aliphatic rings. The molecule has 1 nitrogen and oxygen atoms in total. The van der Waals surface area contributed by atoms with Crippen LogP contribution in [-0.4, -0.2) is 31.0 Å². The average molecular weight is 154 g/mol. The van der Waals surface area contributed by atoms with E-state index < -0.39 is 10.0 Å². The largest absolute Gasteiger partial charge is 0.306 e. The van der Waals surface area contributed by atoms with E-state index >= 15 is 0 Å². The smallest absolute Gasteiger partial charge is 0.0912 e. The molecule has 0 rings (SSSR count). The van der Waals surface area contributed by atoms with E-state index in [-0.39, 0.29) is 0 Å². The van der Waals surface area contributed by atoms with E-state index in [0.717, 1.165) is 5.94 Å². The Morgan fingerprint density at radius 3 is 2.00 bits per heavy atom. The second-order valence-electron chi connectivity index (χ2n) is 2.49. The van der Waals surface area contributed by atoms with Gasteiger partial charge in [-0.1, -0.05) is 0 Å². The Kier molecular flexibility index (Phi) is 3.94. The Morgan fingerprint density at radius 2 is 1.88 bits per heavy atom. The van der Waals surface area contributed by atoms with Gasteiger partial charge in [-0.15, -0.1) is 0 Å². The van der Waals surface area contributed by atoms with Gasteiger partial charge in [-0.3, -0.25) is 0 Å². The van der Waals surface area contributed by atoms with Gasteiger partial charge in [0.15, 0.2) is 0 Å². The molecule has 0 aromatic carbocycles. The van der Waals surface area contributed by atoms with E-state index in [9.17, 15) is 0 Å². The van der Waals surface area contributed by atoms with Crippen LogP contribution in [0.3, 0.4) is 0 Å². The summed E-state index contributed by atoms with van der Waals surface area (Å²) in [5, 5.41) is 0. The number of hydrogen-bond acceptors (Lipinski definition) is 2. The normalized spacial score (nSPS) is 14.0. The molecule has 0 saturated heterocycles. The third-order valence-corrected chi connectivity index (χ3v) is 1.85. The lowest BCUT2D eigenvalue weighted by atomic mass is 11.7. The zero-order valence-electron chi connectivity index (χ0n) is 5.93. The van der Waals surface area contributed by atoms with Crippen LogP contribution >= 0.6 is 22.1 Å². The van der Waals surface area contributed by atoms with Crippen LogP contribution in [0.1, 0.15) is 0 Å². The fourth-order valence-electron chi connectivity index (χ4n) is 0.192. The van der Waals surface area contributed by atoms with Crippen molar-refractivity contribution in [2.75, 3.05) is 31.0 Å². The second-order valence-corrected chi connectivity index (χ2v) is 7.48. The first kappa shape index (κ1) is 8.66. The van der Waals surface area contributed by atoms with Gasteiger partial charge in [0.05, 0.1) is 5.94 Å². The van der Waals surface area contributed by atoms with E-state index in [4.69, 9.17) is 4.18 Å². The average Bonchev–Trinajstić information content (AvgIpc) is 1.59. The summed E-state index contributed by atoms with van der Waals surface area (Å²) in [5.74, 6) is 0.911. The summed E-state index contributed by atoms with van der Waals surface area (Å²) in [4.78, 5) is 0. The van der Waals surface area contributed by atoms with Crippen molar-refractivity contribution in [2.24, 2.45) is 0 Å². The van der Waals surface area contributed by atoms with Gasteiger partial charge in [0.25, 0.3) is 0 Å². The monoisotopic (exact) mass is 154 g/mol. The van der Waals surface area contributed by atoms with Crippen molar-refractivity contribution >= 4 is 22.1 Å². The maximum Gasteiger partial charge on any atom is 0.0912 e. The van der Waals surface area contributed by atoms with Gasteiger partial charge in [0, 0.05) is 6.26 Å². The summed E-state index contributed by atoms with van der Waals surface area (Å²) in [5.41, 5.74) is 0. The van der Waals surface area contributed by atoms with Crippen LogP contribution in [0.5, 0.6) is 0 Å². The van der Waals surface area contributed by atoms with Crippen molar-refractivity contribution in [1.82, 2.24) is 0 Å². The highest BCUT2D eigenvalue weighted by molar-refractivity contribution is 8.32. The summed E-state index contributed by atoms with van der Waals surface area (Å²) in [6.45, 7) is 0. The van der Waals surface area contributed by atoms with E-state index in [2.05, 4.69) is 18.8 Å². The third kappa shape index (κ3) is 6.66. The van der Waals surface area contributed by atoms with E-state index in [1.54, 1.807) is 0 Å². The van der Waals surface area contributed by atoms with Gasteiger partial charge in [-0.25, -0.2) is 10.0 Å². The van der Waals surface area contributed by atoms with E-state index in [0.29, 0.717) is 0 Å². The van der Waals surface area contributed by atoms with Gasteiger partial charge in [0.1, 0.15) is 0 Å². The van der Waals surface area contributed by atoms with Crippen molar-refractivity contribution in [1.29, 1.82) is 0 Å². The molecule has 0 bridgehead atoms. The topological polar surface area (TPSA) is 9.23 Å². The number of rotatable bonds is 3. The van der Waals surface area contributed by atoms with Gasteiger partial charge in [0.2, 0.25) is 0 Å². The lowest BCUT2D eigenvalue weighted by Crippen LogP contribution is -1.98. The molecule has 3 heteroatoms. The molecule has 0 radical (unpaired) electrons. The SMILES string of the molecule is CSOCS(C)(C)C.